The molecule has 35 heavy (non-hydrogen) atoms. The SMILES string of the molecule is C[C@@H](CO[Si](c1ccccc1)(c1ccccc1)C(C)(C)C)C[C@H](CCl)CS(=O)(=O)c1ccccc1. The summed E-state index contributed by atoms with van der Waals surface area (Å²) in [7, 11) is -6.01. The highest BCUT2D eigenvalue weighted by molar-refractivity contribution is 7.91. The molecule has 0 saturated carbocycles. The van der Waals surface area contributed by atoms with Crippen LogP contribution in [0.2, 0.25) is 5.04 Å². The first kappa shape index (κ1) is 27.7. The second kappa shape index (κ2) is 11.9. The van der Waals surface area contributed by atoms with Gasteiger partial charge in [-0.3, -0.25) is 0 Å². The van der Waals surface area contributed by atoms with Crippen LogP contribution in [0.1, 0.15) is 34.1 Å². The highest BCUT2D eigenvalue weighted by Crippen LogP contribution is 2.37. The van der Waals surface area contributed by atoms with Crippen molar-refractivity contribution in [3.8, 4) is 0 Å². The Hall–Kier alpha value is -1.92. The van der Waals surface area contributed by atoms with Gasteiger partial charge in [0.05, 0.1) is 10.6 Å². The molecule has 188 valence electrons. The van der Waals surface area contributed by atoms with E-state index >= 15 is 0 Å². The summed E-state index contributed by atoms with van der Waals surface area (Å²) in [5.41, 5.74) is 0. The van der Waals surface area contributed by atoms with E-state index in [0.717, 1.165) is 0 Å². The van der Waals surface area contributed by atoms with Gasteiger partial charge < -0.3 is 4.43 Å². The second-order valence-corrected chi connectivity index (χ2v) is 17.1. The molecule has 6 heteroatoms. The molecule has 3 aromatic rings. The van der Waals surface area contributed by atoms with E-state index in [2.05, 4.69) is 76.2 Å². The van der Waals surface area contributed by atoms with Crippen LogP contribution in [0.3, 0.4) is 0 Å². The Bertz CT molecular complexity index is 1110. The number of halogens is 1. The van der Waals surface area contributed by atoms with Gasteiger partial charge in [0.25, 0.3) is 8.32 Å². The predicted molar refractivity (Wildman–Crippen MR) is 150 cm³/mol. The van der Waals surface area contributed by atoms with Crippen molar-refractivity contribution in [2.75, 3.05) is 18.2 Å². The van der Waals surface area contributed by atoms with Gasteiger partial charge in [-0.2, -0.15) is 0 Å². The van der Waals surface area contributed by atoms with Crippen LogP contribution < -0.4 is 10.4 Å². The Labute approximate surface area is 217 Å². The first-order valence-electron chi connectivity index (χ1n) is 12.2. The highest BCUT2D eigenvalue weighted by Gasteiger charge is 2.50. The van der Waals surface area contributed by atoms with E-state index in [1.54, 1.807) is 24.3 Å². The molecule has 0 fully saturated rings. The minimum Gasteiger partial charge on any atom is -0.407 e. The van der Waals surface area contributed by atoms with Gasteiger partial charge in [-0.05, 0) is 45.8 Å². The van der Waals surface area contributed by atoms with E-state index < -0.39 is 18.2 Å². The summed E-state index contributed by atoms with van der Waals surface area (Å²) >= 11 is 6.26. The zero-order valence-electron chi connectivity index (χ0n) is 21.2. The monoisotopic (exact) mass is 528 g/mol. The molecule has 0 aromatic heterocycles. The van der Waals surface area contributed by atoms with Gasteiger partial charge in [0.2, 0.25) is 0 Å². The number of sulfone groups is 1. The Morgan fingerprint density at radius 2 is 1.29 bits per heavy atom. The van der Waals surface area contributed by atoms with E-state index in [0.29, 0.717) is 23.8 Å². The quantitative estimate of drug-likeness (QED) is 0.229. The maximum Gasteiger partial charge on any atom is 0.261 e. The van der Waals surface area contributed by atoms with Crippen molar-refractivity contribution in [1.82, 2.24) is 0 Å². The third-order valence-corrected chi connectivity index (χ3v) is 13.9. The van der Waals surface area contributed by atoms with Crippen LogP contribution in [0.5, 0.6) is 0 Å². The van der Waals surface area contributed by atoms with Crippen molar-refractivity contribution >= 4 is 40.1 Å². The molecular weight excluding hydrogens is 492 g/mol. The van der Waals surface area contributed by atoms with Gasteiger partial charge >= 0.3 is 0 Å². The molecular formula is C29H37ClO3SSi. The summed E-state index contributed by atoms with van der Waals surface area (Å²) in [5.74, 6) is 0.366. The van der Waals surface area contributed by atoms with Crippen LogP contribution in [-0.4, -0.2) is 35.0 Å². The Morgan fingerprint density at radius 1 is 0.829 bits per heavy atom. The van der Waals surface area contributed by atoms with Crippen molar-refractivity contribution in [3.05, 3.63) is 91.0 Å². The van der Waals surface area contributed by atoms with Gasteiger partial charge in [0, 0.05) is 12.5 Å². The summed E-state index contributed by atoms with van der Waals surface area (Å²) in [6, 6.07) is 29.8. The molecule has 0 heterocycles. The zero-order chi connectivity index (χ0) is 25.5. The van der Waals surface area contributed by atoms with Crippen LogP contribution in [0.4, 0.5) is 0 Å². The molecule has 0 saturated heterocycles. The summed E-state index contributed by atoms with van der Waals surface area (Å²) in [5, 5.41) is 2.38. The number of alkyl halides is 1. The molecule has 2 atom stereocenters. The van der Waals surface area contributed by atoms with Crippen molar-refractivity contribution < 1.29 is 12.8 Å². The van der Waals surface area contributed by atoms with Gasteiger partial charge in [0.15, 0.2) is 9.84 Å². The smallest absolute Gasteiger partial charge is 0.261 e. The molecule has 0 bridgehead atoms. The molecule has 0 N–H and O–H groups in total. The van der Waals surface area contributed by atoms with Gasteiger partial charge in [-0.15, -0.1) is 11.6 Å². The lowest BCUT2D eigenvalue weighted by Crippen LogP contribution is -2.66. The topological polar surface area (TPSA) is 43.4 Å². The third kappa shape index (κ3) is 6.65. The van der Waals surface area contributed by atoms with E-state index in [9.17, 15) is 8.42 Å². The molecule has 0 aliphatic carbocycles. The largest absolute Gasteiger partial charge is 0.407 e. The molecule has 0 radical (unpaired) electrons. The maximum atomic E-state index is 12.9. The first-order chi connectivity index (χ1) is 16.6. The van der Waals surface area contributed by atoms with E-state index in [1.807, 2.05) is 18.2 Å². The fourth-order valence-corrected chi connectivity index (χ4v) is 11.6. The Morgan fingerprint density at radius 3 is 1.71 bits per heavy atom. The minimum absolute atomic E-state index is 0.0457. The van der Waals surface area contributed by atoms with Crippen molar-refractivity contribution in [1.29, 1.82) is 0 Å². The molecule has 0 unspecified atom stereocenters. The molecule has 0 aliphatic rings. The third-order valence-electron chi connectivity index (χ3n) is 6.51. The van der Waals surface area contributed by atoms with Crippen LogP contribution in [0, 0.1) is 11.8 Å². The van der Waals surface area contributed by atoms with E-state index in [1.165, 1.54) is 10.4 Å². The van der Waals surface area contributed by atoms with Crippen molar-refractivity contribution in [2.24, 2.45) is 11.8 Å². The normalized spacial score (nSPS) is 14.4. The van der Waals surface area contributed by atoms with Crippen molar-refractivity contribution in [2.45, 2.75) is 44.0 Å². The summed E-state index contributed by atoms with van der Waals surface area (Å²) in [6.07, 6.45) is 0.688. The van der Waals surface area contributed by atoms with Gasteiger partial charge in [-0.1, -0.05) is 107 Å². The molecule has 0 amide bonds. The average Bonchev–Trinajstić information content (AvgIpc) is 2.85. The fraction of sp³-hybridized carbons (Fsp3) is 0.379. The van der Waals surface area contributed by atoms with Crippen LogP contribution in [0.25, 0.3) is 0 Å². The summed E-state index contributed by atoms with van der Waals surface area (Å²) in [4.78, 5) is 0.353. The van der Waals surface area contributed by atoms with Gasteiger partial charge in [-0.25, -0.2) is 8.42 Å². The molecule has 3 rings (SSSR count). The lowest BCUT2D eigenvalue weighted by atomic mass is 10.00. The summed E-state index contributed by atoms with van der Waals surface area (Å²) < 4.78 is 32.9. The molecule has 3 nitrogen and oxygen atoms in total. The number of rotatable bonds is 11. The van der Waals surface area contributed by atoms with E-state index in [4.69, 9.17) is 16.0 Å². The standard InChI is InChI=1S/C29H37ClO3SSi/c1-24(20-25(21-30)23-34(31,32)26-14-8-5-9-15-26)22-33-35(29(2,3)4,27-16-10-6-11-17-27)28-18-12-7-13-19-28/h5-19,24-25H,20-23H2,1-4H3/t24-,25-/m1/s1. The molecule has 0 aliphatic heterocycles. The second-order valence-electron chi connectivity index (χ2n) is 10.4. The molecule has 0 spiro atoms. The van der Waals surface area contributed by atoms with Crippen LogP contribution >= 0.6 is 11.6 Å². The lowest BCUT2D eigenvalue weighted by Gasteiger charge is -2.43. The van der Waals surface area contributed by atoms with Gasteiger partial charge in [0.1, 0.15) is 0 Å². The maximum absolute atomic E-state index is 12.9. The summed E-state index contributed by atoms with van der Waals surface area (Å²) in [6.45, 7) is 9.46. The van der Waals surface area contributed by atoms with Crippen LogP contribution in [0.15, 0.2) is 95.9 Å². The zero-order valence-corrected chi connectivity index (χ0v) is 23.7. The molecule has 3 aromatic carbocycles. The Kier molecular flexibility index (Phi) is 9.38. The lowest BCUT2D eigenvalue weighted by molar-refractivity contribution is 0.227. The minimum atomic E-state index is -3.39. The first-order valence-corrected chi connectivity index (χ1v) is 16.3. The van der Waals surface area contributed by atoms with E-state index in [-0.39, 0.29) is 22.6 Å². The number of hydrogen-bond acceptors (Lipinski definition) is 3. The van der Waals surface area contributed by atoms with Crippen molar-refractivity contribution in [3.63, 3.8) is 0 Å². The number of hydrogen-bond donors (Lipinski definition) is 0. The number of benzene rings is 3. The Balaban J connectivity index is 1.82. The predicted octanol–water partition coefficient (Wildman–Crippen LogP) is 5.92. The highest BCUT2D eigenvalue weighted by atomic mass is 35.5. The van der Waals surface area contributed by atoms with Crippen LogP contribution in [-0.2, 0) is 14.3 Å². The average molecular weight is 529 g/mol. The fourth-order valence-electron chi connectivity index (χ4n) is 4.88.